The summed E-state index contributed by atoms with van der Waals surface area (Å²) in [6.07, 6.45) is 4.25. The van der Waals surface area contributed by atoms with Crippen molar-refractivity contribution in [2.24, 2.45) is 17.6 Å². The lowest BCUT2D eigenvalue weighted by atomic mass is 10.1. The van der Waals surface area contributed by atoms with Crippen molar-refractivity contribution in [1.82, 2.24) is 4.90 Å². The van der Waals surface area contributed by atoms with Crippen LogP contribution in [0.15, 0.2) is 0 Å². The fourth-order valence-corrected chi connectivity index (χ4v) is 2.30. The number of nitrogens with two attached hydrogens (primary N) is 1. The number of nitrogens with zero attached hydrogens (tertiary/aromatic N) is 1. The van der Waals surface area contributed by atoms with Crippen LogP contribution < -0.4 is 5.73 Å². The minimum absolute atomic E-state index is 0.784. The summed E-state index contributed by atoms with van der Waals surface area (Å²) in [7, 11) is 0. The first kappa shape index (κ1) is 8.52. The number of hydrogen-bond acceptors (Lipinski definition) is 2. The Kier molecular flexibility index (Phi) is 2.37. The second-order valence-electron chi connectivity index (χ2n) is 4.46. The van der Waals surface area contributed by atoms with Crippen LogP contribution in [0.1, 0.15) is 26.2 Å². The highest BCUT2D eigenvalue weighted by molar-refractivity contribution is 4.89. The van der Waals surface area contributed by atoms with Gasteiger partial charge in [-0.3, -0.25) is 0 Å². The van der Waals surface area contributed by atoms with Crippen LogP contribution in [0.25, 0.3) is 0 Å². The van der Waals surface area contributed by atoms with Crippen LogP contribution in [0.4, 0.5) is 0 Å². The highest BCUT2D eigenvalue weighted by Gasteiger charge is 2.34. The predicted molar refractivity (Wildman–Crippen MR) is 50.9 cm³/mol. The van der Waals surface area contributed by atoms with E-state index in [1.807, 2.05) is 0 Å². The maximum atomic E-state index is 5.66. The Balaban J connectivity index is 1.81. The Bertz CT molecular complexity index is 154. The molecule has 1 aliphatic heterocycles. The van der Waals surface area contributed by atoms with Gasteiger partial charge in [0.2, 0.25) is 0 Å². The minimum Gasteiger partial charge on any atom is -0.330 e. The maximum absolute atomic E-state index is 5.66. The van der Waals surface area contributed by atoms with Gasteiger partial charge in [-0.2, -0.15) is 0 Å². The summed E-state index contributed by atoms with van der Waals surface area (Å²) in [4.78, 5) is 2.63. The molecule has 2 nitrogen and oxygen atoms in total. The van der Waals surface area contributed by atoms with Crippen LogP contribution in [0, 0.1) is 11.8 Å². The fourth-order valence-electron chi connectivity index (χ4n) is 2.30. The molecule has 2 rings (SSSR count). The van der Waals surface area contributed by atoms with E-state index in [1.165, 1.54) is 32.4 Å². The second kappa shape index (κ2) is 3.35. The Morgan fingerprint density at radius 2 is 2.17 bits per heavy atom. The van der Waals surface area contributed by atoms with Crippen LogP contribution in [-0.4, -0.2) is 30.6 Å². The molecule has 1 heterocycles. The fraction of sp³-hybridized carbons (Fsp3) is 1.00. The molecule has 2 fully saturated rings. The Hall–Kier alpha value is -0.0800. The molecule has 0 bridgehead atoms. The van der Waals surface area contributed by atoms with Crippen molar-refractivity contribution in [2.75, 3.05) is 19.6 Å². The summed E-state index contributed by atoms with van der Waals surface area (Å²) in [5, 5.41) is 0. The molecule has 1 aliphatic carbocycles. The van der Waals surface area contributed by atoms with Crippen molar-refractivity contribution in [3.63, 3.8) is 0 Å². The molecule has 0 aromatic rings. The first-order chi connectivity index (χ1) is 5.81. The molecule has 2 unspecified atom stereocenters. The number of rotatable bonds is 3. The molecule has 2 atom stereocenters. The average Bonchev–Trinajstić information content (AvgIpc) is 2.82. The van der Waals surface area contributed by atoms with Crippen LogP contribution in [0.2, 0.25) is 0 Å². The molecular formula is C10H20N2. The van der Waals surface area contributed by atoms with Gasteiger partial charge in [0.15, 0.2) is 0 Å². The van der Waals surface area contributed by atoms with Crippen LogP contribution in [0.5, 0.6) is 0 Å². The predicted octanol–water partition coefficient (Wildman–Crippen LogP) is 1.07. The molecule has 70 valence electrons. The average molecular weight is 168 g/mol. The number of likely N-dealkylation sites (tertiary alicyclic amines) is 1. The summed E-state index contributed by atoms with van der Waals surface area (Å²) in [6, 6.07) is 0.835. The lowest BCUT2D eigenvalue weighted by Crippen LogP contribution is -2.33. The summed E-state index contributed by atoms with van der Waals surface area (Å²) in [5.74, 6) is 1.80. The van der Waals surface area contributed by atoms with Gasteiger partial charge < -0.3 is 10.6 Å². The SMILES string of the molecule is CC(C1CC1)N1CCC(CN)C1. The molecule has 2 aliphatic rings. The highest BCUT2D eigenvalue weighted by atomic mass is 15.2. The van der Waals surface area contributed by atoms with E-state index < -0.39 is 0 Å². The monoisotopic (exact) mass is 168 g/mol. The van der Waals surface area contributed by atoms with Gasteiger partial charge in [0.05, 0.1) is 0 Å². The van der Waals surface area contributed by atoms with E-state index in [4.69, 9.17) is 5.73 Å². The molecule has 0 spiro atoms. The molecule has 2 N–H and O–H groups in total. The van der Waals surface area contributed by atoms with Gasteiger partial charge in [0, 0.05) is 12.6 Å². The topological polar surface area (TPSA) is 29.3 Å². The lowest BCUT2D eigenvalue weighted by molar-refractivity contribution is 0.227. The highest BCUT2D eigenvalue weighted by Crippen LogP contribution is 2.36. The van der Waals surface area contributed by atoms with Crippen molar-refractivity contribution in [2.45, 2.75) is 32.2 Å². The van der Waals surface area contributed by atoms with Gasteiger partial charge >= 0.3 is 0 Å². The quantitative estimate of drug-likeness (QED) is 0.683. The Labute approximate surface area is 75.1 Å². The van der Waals surface area contributed by atoms with Gasteiger partial charge in [-0.1, -0.05) is 0 Å². The first-order valence-electron chi connectivity index (χ1n) is 5.25. The third-order valence-electron chi connectivity index (χ3n) is 3.53. The molecule has 12 heavy (non-hydrogen) atoms. The smallest absolute Gasteiger partial charge is 0.00953 e. The van der Waals surface area contributed by atoms with Gasteiger partial charge in [0.1, 0.15) is 0 Å². The van der Waals surface area contributed by atoms with Crippen molar-refractivity contribution in [1.29, 1.82) is 0 Å². The van der Waals surface area contributed by atoms with E-state index in [1.54, 1.807) is 0 Å². The third-order valence-corrected chi connectivity index (χ3v) is 3.53. The summed E-state index contributed by atoms with van der Waals surface area (Å²) in [5.41, 5.74) is 5.66. The van der Waals surface area contributed by atoms with E-state index >= 15 is 0 Å². The molecule has 0 radical (unpaired) electrons. The maximum Gasteiger partial charge on any atom is 0.00953 e. The zero-order valence-electron chi connectivity index (χ0n) is 8.00. The zero-order valence-corrected chi connectivity index (χ0v) is 8.00. The minimum atomic E-state index is 0.784. The van der Waals surface area contributed by atoms with Crippen molar-refractivity contribution >= 4 is 0 Å². The van der Waals surface area contributed by atoms with Gasteiger partial charge in [-0.05, 0) is 51.1 Å². The molecule has 0 amide bonds. The van der Waals surface area contributed by atoms with Crippen LogP contribution in [-0.2, 0) is 0 Å². The summed E-state index contributed by atoms with van der Waals surface area (Å²) in [6.45, 7) is 5.82. The van der Waals surface area contributed by atoms with E-state index in [-0.39, 0.29) is 0 Å². The Morgan fingerprint density at radius 1 is 1.42 bits per heavy atom. The van der Waals surface area contributed by atoms with Crippen molar-refractivity contribution in [3.05, 3.63) is 0 Å². The molecule has 0 aromatic heterocycles. The van der Waals surface area contributed by atoms with E-state index in [2.05, 4.69) is 11.8 Å². The zero-order chi connectivity index (χ0) is 8.55. The lowest BCUT2D eigenvalue weighted by Gasteiger charge is -2.23. The van der Waals surface area contributed by atoms with Crippen molar-refractivity contribution in [3.8, 4) is 0 Å². The molecule has 1 saturated carbocycles. The van der Waals surface area contributed by atoms with Crippen molar-refractivity contribution < 1.29 is 0 Å². The standard InChI is InChI=1S/C10H20N2/c1-8(10-2-3-10)12-5-4-9(6-11)7-12/h8-10H,2-7,11H2,1H3. The van der Waals surface area contributed by atoms with E-state index in [0.29, 0.717) is 0 Å². The van der Waals surface area contributed by atoms with Crippen LogP contribution in [0.3, 0.4) is 0 Å². The van der Waals surface area contributed by atoms with Gasteiger partial charge in [-0.25, -0.2) is 0 Å². The largest absolute Gasteiger partial charge is 0.330 e. The van der Waals surface area contributed by atoms with E-state index in [9.17, 15) is 0 Å². The third kappa shape index (κ3) is 1.64. The normalized spacial score (nSPS) is 34.0. The summed E-state index contributed by atoms with van der Waals surface area (Å²) < 4.78 is 0. The van der Waals surface area contributed by atoms with Crippen LogP contribution >= 0.6 is 0 Å². The second-order valence-corrected chi connectivity index (χ2v) is 4.46. The van der Waals surface area contributed by atoms with Gasteiger partial charge in [0.25, 0.3) is 0 Å². The molecular weight excluding hydrogens is 148 g/mol. The summed E-state index contributed by atoms with van der Waals surface area (Å²) >= 11 is 0. The molecule has 0 aromatic carbocycles. The van der Waals surface area contributed by atoms with E-state index in [0.717, 1.165) is 24.4 Å². The van der Waals surface area contributed by atoms with Gasteiger partial charge in [-0.15, -0.1) is 0 Å². The first-order valence-corrected chi connectivity index (χ1v) is 5.25. The number of hydrogen-bond donors (Lipinski definition) is 1. The Morgan fingerprint density at radius 3 is 2.67 bits per heavy atom. The molecule has 1 saturated heterocycles. The molecule has 2 heteroatoms.